The minimum atomic E-state index is -0.181. The fourth-order valence-corrected chi connectivity index (χ4v) is 2.68. The highest BCUT2D eigenvalue weighted by atomic mass is 16.3. The van der Waals surface area contributed by atoms with Gasteiger partial charge in [0, 0.05) is 12.6 Å². The van der Waals surface area contributed by atoms with Gasteiger partial charge in [-0.25, -0.2) is 0 Å². The van der Waals surface area contributed by atoms with E-state index in [1.165, 1.54) is 6.42 Å². The van der Waals surface area contributed by atoms with Crippen molar-refractivity contribution in [3.63, 3.8) is 0 Å². The van der Waals surface area contributed by atoms with E-state index in [9.17, 15) is 9.90 Å². The van der Waals surface area contributed by atoms with Crippen LogP contribution < -0.4 is 5.32 Å². The molecule has 0 spiro atoms. The summed E-state index contributed by atoms with van der Waals surface area (Å²) in [4.78, 5) is 14.0. The molecule has 2 rings (SSSR count). The largest absolute Gasteiger partial charge is 0.393 e. The zero-order valence-corrected chi connectivity index (χ0v) is 11.6. The molecule has 4 nitrogen and oxygen atoms in total. The molecule has 3 unspecified atom stereocenters. The van der Waals surface area contributed by atoms with Crippen molar-refractivity contribution in [1.29, 1.82) is 0 Å². The molecule has 2 fully saturated rings. The minimum Gasteiger partial charge on any atom is -0.393 e. The van der Waals surface area contributed by atoms with Gasteiger partial charge in [-0.15, -0.1) is 0 Å². The highest BCUT2D eigenvalue weighted by Gasteiger charge is 2.30. The molecule has 2 aliphatic carbocycles. The number of likely N-dealkylation sites (N-methyl/N-ethyl adjacent to an activating group) is 1. The lowest BCUT2D eigenvalue weighted by molar-refractivity contribution is -0.126. The Hall–Kier alpha value is -0.610. The third-order valence-corrected chi connectivity index (χ3v) is 4.36. The normalized spacial score (nSPS) is 30.2. The molecule has 2 saturated carbocycles. The van der Waals surface area contributed by atoms with Crippen molar-refractivity contribution in [3.8, 4) is 0 Å². The van der Waals surface area contributed by atoms with E-state index in [0.29, 0.717) is 12.0 Å². The summed E-state index contributed by atoms with van der Waals surface area (Å²) < 4.78 is 0. The number of amides is 1. The topological polar surface area (TPSA) is 52.6 Å². The Balaban J connectivity index is 1.77. The molecule has 2 aliphatic rings. The maximum Gasteiger partial charge on any atom is 0.237 e. The van der Waals surface area contributed by atoms with Gasteiger partial charge in [0.1, 0.15) is 0 Å². The molecule has 4 heteroatoms. The van der Waals surface area contributed by atoms with Crippen LogP contribution in [-0.4, -0.2) is 47.7 Å². The van der Waals surface area contributed by atoms with Crippen molar-refractivity contribution < 1.29 is 9.90 Å². The monoisotopic (exact) mass is 254 g/mol. The predicted molar refractivity (Wildman–Crippen MR) is 71.2 cm³/mol. The summed E-state index contributed by atoms with van der Waals surface area (Å²) in [5, 5.41) is 13.0. The van der Waals surface area contributed by atoms with E-state index in [-0.39, 0.29) is 18.1 Å². The second-order valence-electron chi connectivity index (χ2n) is 6.01. The molecular formula is C14H26N2O2. The van der Waals surface area contributed by atoms with Crippen LogP contribution in [0.2, 0.25) is 0 Å². The van der Waals surface area contributed by atoms with Crippen LogP contribution in [0.4, 0.5) is 0 Å². The van der Waals surface area contributed by atoms with Crippen molar-refractivity contribution >= 4 is 5.91 Å². The van der Waals surface area contributed by atoms with Crippen LogP contribution in [0.5, 0.6) is 0 Å². The average molecular weight is 254 g/mol. The Morgan fingerprint density at radius 3 is 2.61 bits per heavy atom. The van der Waals surface area contributed by atoms with Crippen LogP contribution in [0.1, 0.15) is 45.4 Å². The fraction of sp³-hybridized carbons (Fsp3) is 0.929. The lowest BCUT2D eigenvalue weighted by Crippen LogP contribution is -2.47. The first-order valence-corrected chi connectivity index (χ1v) is 7.26. The molecule has 0 saturated heterocycles. The van der Waals surface area contributed by atoms with Crippen LogP contribution in [0.3, 0.4) is 0 Å². The molecule has 0 aliphatic heterocycles. The van der Waals surface area contributed by atoms with Crippen molar-refractivity contribution in [2.45, 2.75) is 63.6 Å². The van der Waals surface area contributed by atoms with E-state index in [1.54, 1.807) is 0 Å². The number of aliphatic hydroxyl groups is 1. The van der Waals surface area contributed by atoms with Crippen molar-refractivity contribution in [2.75, 3.05) is 13.6 Å². The number of nitrogens with zero attached hydrogens (tertiary/aromatic N) is 1. The Morgan fingerprint density at radius 1 is 1.33 bits per heavy atom. The first kappa shape index (κ1) is 13.8. The maximum absolute atomic E-state index is 11.9. The van der Waals surface area contributed by atoms with Gasteiger partial charge in [0.05, 0.1) is 12.1 Å². The number of hydrogen-bond donors (Lipinski definition) is 2. The quantitative estimate of drug-likeness (QED) is 0.773. The molecule has 1 amide bonds. The number of carbonyl (C=O) groups excluding carboxylic acids is 1. The molecule has 0 aromatic heterocycles. The second kappa shape index (κ2) is 6.02. The zero-order valence-electron chi connectivity index (χ0n) is 11.6. The van der Waals surface area contributed by atoms with Gasteiger partial charge in [0.25, 0.3) is 0 Å². The van der Waals surface area contributed by atoms with Gasteiger partial charge >= 0.3 is 0 Å². The Bertz CT molecular complexity index is 292. The summed E-state index contributed by atoms with van der Waals surface area (Å²) in [6.45, 7) is 2.77. The standard InChI is InChI=1S/C14H26N2O2/c1-10(14(18)15-12-7-8-12)16(2)9-11-5-3-4-6-13(11)17/h10-13,17H,3-9H2,1-2H3,(H,15,18). The van der Waals surface area contributed by atoms with E-state index in [0.717, 1.165) is 38.6 Å². The molecule has 0 aromatic rings. The molecule has 0 bridgehead atoms. The molecule has 0 aromatic carbocycles. The van der Waals surface area contributed by atoms with Gasteiger partial charge in [0.15, 0.2) is 0 Å². The molecule has 0 heterocycles. The van der Waals surface area contributed by atoms with E-state index >= 15 is 0 Å². The molecule has 104 valence electrons. The van der Waals surface area contributed by atoms with Crippen molar-refractivity contribution in [2.24, 2.45) is 5.92 Å². The number of carbonyl (C=O) groups is 1. The van der Waals surface area contributed by atoms with Gasteiger partial charge in [-0.2, -0.15) is 0 Å². The number of rotatable bonds is 5. The van der Waals surface area contributed by atoms with Crippen LogP contribution in [0, 0.1) is 5.92 Å². The highest BCUT2D eigenvalue weighted by Crippen LogP contribution is 2.25. The first-order valence-electron chi connectivity index (χ1n) is 7.26. The average Bonchev–Trinajstić information content (AvgIpc) is 3.15. The van der Waals surface area contributed by atoms with Gasteiger partial charge in [-0.1, -0.05) is 12.8 Å². The lowest BCUT2D eigenvalue weighted by Gasteiger charge is -2.33. The molecule has 2 N–H and O–H groups in total. The third-order valence-electron chi connectivity index (χ3n) is 4.36. The second-order valence-corrected chi connectivity index (χ2v) is 6.01. The summed E-state index contributed by atoms with van der Waals surface area (Å²) in [6.07, 6.45) is 6.42. The van der Waals surface area contributed by atoms with Gasteiger partial charge in [0.2, 0.25) is 5.91 Å². The van der Waals surface area contributed by atoms with Crippen LogP contribution >= 0.6 is 0 Å². The van der Waals surface area contributed by atoms with E-state index < -0.39 is 0 Å². The molecule has 0 radical (unpaired) electrons. The number of nitrogens with one attached hydrogen (secondary N) is 1. The zero-order chi connectivity index (χ0) is 13.1. The summed E-state index contributed by atoms with van der Waals surface area (Å²) in [6, 6.07) is 0.327. The van der Waals surface area contributed by atoms with Crippen LogP contribution in [-0.2, 0) is 4.79 Å². The summed E-state index contributed by atoms with van der Waals surface area (Å²) in [7, 11) is 1.98. The smallest absolute Gasteiger partial charge is 0.237 e. The predicted octanol–water partition coefficient (Wildman–Crippen LogP) is 1.14. The Labute approximate surface area is 110 Å². The van der Waals surface area contributed by atoms with Gasteiger partial charge in [-0.05, 0) is 45.6 Å². The Morgan fingerprint density at radius 2 is 2.00 bits per heavy atom. The van der Waals surface area contributed by atoms with Crippen molar-refractivity contribution in [1.82, 2.24) is 10.2 Å². The van der Waals surface area contributed by atoms with Crippen LogP contribution in [0.15, 0.2) is 0 Å². The fourth-order valence-electron chi connectivity index (χ4n) is 2.68. The number of aliphatic hydroxyl groups excluding tert-OH is 1. The van der Waals surface area contributed by atoms with Gasteiger partial charge < -0.3 is 10.4 Å². The summed E-state index contributed by atoms with van der Waals surface area (Å²) in [5.41, 5.74) is 0. The van der Waals surface area contributed by atoms with Crippen LogP contribution in [0.25, 0.3) is 0 Å². The summed E-state index contributed by atoms with van der Waals surface area (Å²) in [5.74, 6) is 0.463. The molecule has 3 atom stereocenters. The SMILES string of the molecule is CC(C(=O)NC1CC1)N(C)CC1CCCCC1O. The van der Waals surface area contributed by atoms with E-state index in [4.69, 9.17) is 0 Å². The lowest BCUT2D eigenvalue weighted by atomic mass is 9.86. The third kappa shape index (κ3) is 3.69. The first-order chi connectivity index (χ1) is 8.58. The maximum atomic E-state index is 11.9. The molecule has 18 heavy (non-hydrogen) atoms. The van der Waals surface area contributed by atoms with Gasteiger partial charge in [-0.3, -0.25) is 9.69 Å². The minimum absolute atomic E-state index is 0.0975. The molecular weight excluding hydrogens is 228 g/mol. The number of hydrogen-bond acceptors (Lipinski definition) is 3. The highest BCUT2D eigenvalue weighted by molar-refractivity contribution is 5.81. The van der Waals surface area contributed by atoms with Crippen molar-refractivity contribution in [3.05, 3.63) is 0 Å². The Kier molecular flexibility index (Phi) is 4.62. The van der Waals surface area contributed by atoms with E-state index in [2.05, 4.69) is 10.2 Å². The summed E-state index contributed by atoms with van der Waals surface area (Å²) >= 11 is 0. The van der Waals surface area contributed by atoms with E-state index in [1.807, 2.05) is 14.0 Å².